The number of hydrogen-bond acceptors (Lipinski definition) is 3. The van der Waals surface area contributed by atoms with Crippen LogP contribution in [0.5, 0.6) is 0 Å². The summed E-state index contributed by atoms with van der Waals surface area (Å²) in [7, 11) is 0. The zero-order valence-electron chi connectivity index (χ0n) is 7.20. The van der Waals surface area contributed by atoms with E-state index in [4.69, 9.17) is 17.0 Å². The van der Waals surface area contributed by atoms with Crippen LogP contribution in [0.4, 0.5) is 0 Å². The molecule has 1 heterocycles. The molecule has 0 atom stereocenters. The molecule has 0 fully saturated rings. The second-order valence-corrected chi connectivity index (χ2v) is 2.73. The van der Waals surface area contributed by atoms with E-state index in [2.05, 4.69) is 4.98 Å². The Kier molecular flexibility index (Phi) is 3.17. The van der Waals surface area contributed by atoms with E-state index in [1.165, 1.54) is 0 Å². The molecule has 0 saturated heterocycles. The Hall–Kier alpha value is -0.960. The average molecular weight is 181 g/mol. The van der Waals surface area contributed by atoms with E-state index in [1.807, 2.05) is 26.0 Å². The number of hydrogen-bond donors (Lipinski definition) is 0. The highest BCUT2D eigenvalue weighted by Gasteiger charge is 2.04. The van der Waals surface area contributed by atoms with Crippen LogP contribution in [0, 0.1) is 6.92 Å². The third kappa shape index (κ3) is 2.01. The SMILES string of the molecule is CCOC(=S)c1cccnc1C. The predicted octanol–water partition coefficient (Wildman–Crippen LogP) is 2.10. The molecule has 0 unspecified atom stereocenters. The van der Waals surface area contributed by atoms with Gasteiger partial charge in [0.1, 0.15) is 0 Å². The lowest BCUT2D eigenvalue weighted by atomic mass is 10.2. The van der Waals surface area contributed by atoms with Gasteiger partial charge in [0.25, 0.3) is 0 Å². The van der Waals surface area contributed by atoms with Gasteiger partial charge in [-0.25, -0.2) is 0 Å². The molecule has 0 aliphatic heterocycles. The number of aromatic nitrogens is 1. The molecule has 0 aliphatic carbocycles. The van der Waals surface area contributed by atoms with Gasteiger partial charge in [-0.05, 0) is 38.2 Å². The molecule has 3 heteroatoms. The first-order valence-electron chi connectivity index (χ1n) is 3.84. The average Bonchev–Trinajstić information content (AvgIpc) is 2.05. The Balaban J connectivity index is 2.87. The molecule has 0 amide bonds. The summed E-state index contributed by atoms with van der Waals surface area (Å²) in [4.78, 5) is 4.11. The molecule has 0 radical (unpaired) electrons. The van der Waals surface area contributed by atoms with Crippen LogP contribution < -0.4 is 0 Å². The van der Waals surface area contributed by atoms with Crippen molar-refractivity contribution in [1.29, 1.82) is 0 Å². The number of nitrogens with zero attached hydrogens (tertiary/aromatic N) is 1. The van der Waals surface area contributed by atoms with Crippen LogP contribution in [0.1, 0.15) is 18.2 Å². The zero-order valence-corrected chi connectivity index (χ0v) is 8.02. The van der Waals surface area contributed by atoms with Crippen molar-refractivity contribution in [2.24, 2.45) is 0 Å². The standard InChI is InChI=1S/C9H11NOS/c1-3-11-9(12)8-5-4-6-10-7(8)2/h4-6H,3H2,1-2H3. The number of aryl methyl sites for hydroxylation is 1. The fourth-order valence-electron chi connectivity index (χ4n) is 0.909. The van der Waals surface area contributed by atoms with Crippen LogP contribution in [0.15, 0.2) is 18.3 Å². The summed E-state index contributed by atoms with van der Waals surface area (Å²) in [5, 5.41) is 0.531. The van der Waals surface area contributed by atoms with Gasteiger partial charge in [0, 0.05) is 17.5 Å². The molecule has 1 aromatic rings. The van der Waals surface area contributed by atoms with Crippen molar-refractivity contribution in [2.75, 3.05) is 6.61 Å². The van der Waals surface area contributed by atoms with Crippen molar-refractivity contribution in [3.8, 4) is 0 Å². The Morgan fingerprint density at radius 1 is 1.67 bits per heavy atom. The summed E-state index contributed by atoms with van der Waals surface area (Å²) >= 11 is 5.04. The van der Waals surface area contributed by atoms with E-state index < -0.39 is 0 Å². The van der Waals surface area contributed by atoms with Gasteiger partial charge >= 0.3 is 0 Å². The van der Waals surface area contributed by atoms with Gasteiger partial charge in [-0.2, -0.15) is 0 Å². The van der Waals surface area contributed by atoms with Crippen molar-refractivity contribution in [2.45, 2.75) is 13.8 Å². The fourth-order valence-corrected chi connectivity index (χ4v) is 1.24. The first-order chi connectivity index (χ1) is 5.75. The Morgan fingerprint density at radius 3 is 3.00 bits per heavy atom. The van der Waals surface area contributed by atoms with E-state index in [0.29, 0.717) is 11.7 Å². The second-order valence-electron chi connectivity index (χ2n) is 2.36. The van der Waals surface area contributed by atoms with E-state index in [-0.39, 0.29) is 0 Å². The molecule has 1 rings (SSSR count). The van der Waals surface area contributed by atoms with Crippen LogP contribution in [-0.2, 0) is 4.74 Å². The Labute approximate surface area is 77.6 Å². The summed E-state index contributed by atoms with van der Waals surface area (Å²) in [6.07, 6.45) is 1.74. The Morgan fingerprint density at radius 2 is 2.42 bits per heavy atom. The minimum atomic E-state index is 0.531. The molecule has 0 saturated carbocycles. The summed E-state index contributed by atoms with van der Waals surface area (Å²) in [5.41, 5.74) is 1.82. The molecule has 0 aliphatic rings. The van der Waals surface area contributed by atoms with Crippen LogP contribution in [0.2, 0.25) is 0 Å². The van der Waals surface area contributed by atoms with Gasteiger partial charge in [-0.3, -0.25) is 4.98 Å². The number of thiocarbonyl (C=S) groups is 1. The van der Waals surface area contributed by atoms with Crippen LogP contribution in [0.25, 0.3) is 0 Å². The highest BCUT2D eigenvalue weighted by Crippen LogP contribution is 2.06. The molecule has 0 spiro atoms. The zero-order chi connectivity index (χ0) is 8.97. The van der Waals surface area contributed by atoms with Gasteiger partial charge in [0.2, 0.25) is 0 Å². The van der Waals surface area contributed by atoms with Gasteiger partial charge in [-0.1, -0.05) is 0 Å². The molecule has 64 valence electrons. The number of pyridine rings is 1. The van der Waals surface area contributed by atoms with E-state index >= 15 is 0 Å². The largest absolute Gasteiger partial charge is 0.483 e. The van der Waals surface area contributed by atoms with Crippen molar-refractivity contribution < 1.29 is 4.74 Å². The maximum atomic E-state index is 5.20. The first kappa shape index (κ1) is 9.13. The molecule has 2 nitrogen and oxygen atoms in total. The predicted molar refractivity (Wildman–Crippen MR) is 52.3 cm³/mol. The molecule has 0 N–H and O–H groups in total. The maximum Gasteiger partial charge on any atom is 0.192 e. The highest BCUT2D eigenvalue weighted by atomic mass is 32.1. The summed E-state index contributed by atoms with van der Waals surface area (Å²) in [6, 6.07) is 3.77. The third-order valence-corrected chi connectivity index (χ3v) is 1.84. The number of ether oxygens (including phenoxy) is 1. The minimum absolute atomic E-state index is 0.531. The van der Waals surface area contributed by atoms with Crippen molar-refractivity contribution in [1.82, 2.24) is 4.98 Å². The molecule has 12 heavy (non-hydrogen) atoms. The van der Waals surface area contributed by atoms with Gasteiger partial charge < -0.3 is 4.74 Å². The Bertz CT molecular complexity index is 286. The van der Waals surface area contributed by atoms with E-state index in [1.54, 1.807) is 6.20 Å². The van der Waals surface area contributed by atoms with Crippen LogP contribution >= 0.6 is 12.2 Å². The van der Waals surface area contributed by atoms with Crippen LogP contribution in [0.3, 0.4) is 0 Å². The molecular weight excluding hydrogens is 170 g/mol. The molecule has 0 aromatic carbocycles. The fraction of sp³-hybridized carbons (Fsp3) is 0.333. The van der Waals surface area contributed by atoms with Gasteiger partial charge in [0.05, 0.1) is 6.61 Å². The lowest BCUT2D eigenvalue weighted by molar-refractivity contribution is 0.337. The lowest BCUT2D eigenvalue weighted by Gasteiger charge is -2.05. The van der Waals surface area contributed by atoms with Crippen molar-refractivity contribution >= 4 is 17.3 Å². The highest BCUT2D eigenvalue weighted by molar-refractivity contribution is 7.80. The molecular formula is C9H11NOS. The van der Waals surface area contributed by atoms with Gasteiger partial charge in [0.15, 0.2) is 5.05 Å². The second kappa shape index (κ2) is 4.16. The third-order valence-electron chi connectivity index (χ3n) is 1.50. The molecule has 1 aromatic heterocycles. The van der Waals surface area contributed by atoms with Gasteiger partial charge in [-0.15, -0.1) is 0 Å². The lowest BCUT2D eigenvalue weighted by Crippen LogP contribution is -2.05. The van der Waals surface area contributed by atoms with E-state index in [9.17, 15) is 0 Å². The van der Waals surface area contributed by atoms with E-state index in [0.717, 1.165) is 11.3 Å². The number of rotatable bonds is 2. The van der Waals surface area contributed by atoms with Crippen LogP contribution in [-0.4, -0.2) is 16.6 Å². The quantitative estimate of drug-likeness (QED) is 0.652. The monoisotopic (exact) mass is 181 g/mol. The maximum absolute atomic E-state index is 5.20. The molecule has 0 bridgehead atoms. The summed E-state index contributed by atoms with van der Waals surface area (Å²) in [6.45, 7) is 4.44. The summed E-state index contributed by atoms with van der Waals surface area (Å²) in [5.74, 6) is 0. The first-order valence-corrected chi connectivity index (χ1v) is 4.25. The minimum Gasteiger partial charge on any atom is -0.483 e. The summed E-state index contributed by atoms with van der Waals surface area (Å²) < 4.78 is 5.20. The topological polar surface area (TPSA) is 22.1 Å². The smallest absolute Gasteiger partial charge is 0.192 e. The van der Waals surface area contributed by atoms with Crippen molar-refractivity contribution in [3.05, 3.63) is 29.6 Å². The normalized spacial score (nSPS) is 9.50. The van der Waals surface area contributed by atoms with Crippen molar-refractivity contribution in [3.63, 3.8) is 0 Å².